The molecular formula is C29H54O6. The summed E-state index contributed by atoms with van der Waals surface area (Å²) >= 11 is 0. The molecule has 0 aromatic carbocycles. The summed E-state index contributed by atoms with van der Waals surface area (Å²) in [5.74, 6) is -2.64. The normalized spacial score (nSPS) is 14.9. The number of rotatable bonds is 25. The van der Waals surface area contributed by atoms with Crippen molar-refractivity contribution in [2.75, 3.05) is 6.61 Å². The number of aliphatic hydroxyl groups is 3. The minimum Gasteiger partial charge on any atom is -0.393 e. The SMILES string of the molecule is CCCCCCCCCCCCCCCCCC(=O)C(O)(C(=O)CCC)C(O)(CO)C(=O)CCC. The third kappa shape index (κ3) is 11.7. The van der Waals surface area contributed by atoms with Crippen LogP contribution >= 0.6 is 0 Å². The van der Waals surface area contributed by atoms with E-state index in [1.165, 1.54) is 70.6 Å². The minimum absolute atomic E-state index is 0.105. The second-order valence-corrected chi connectivity index (χ2v) is 10.2. The van der Waals surface area contributed by atoms with Gasteiger partial charge < -0.3 is 15.3 Å². The van der Waals surface area contributed by atoms with Crippen molar-refractivity contribution in [3.63, 3.8) is 0 Å². The molecule has 0 aliphatic rings. The Morgan fingerprint density at radius 1 is 0.486 bits per heavy atom. The number of aliphatic hydroxyl groups excluding tert-OH is 1. The van der Waals surface area contributed by atoms with Gasteiger partial charge in [0.15, 0.2) is 23.0 Å². The van der Waals surface area contributed by atoms with Crippen LogP contribution in [0.1, 0.15) is 149 Å². The van der Waals surface area contributed by atoms with Crippen molar-refractivity contribution in [2.24, 2.45) is 0 Å². The lowest BCUT2D eigenvalue weighted by atomic mass is 9.71. The quantitative estimate of drug-likeness (QED) is 0.105. The van der Waals surface area contributed by atoms with Gasteiger partial charge in [-0.1, -0.05) is 111 Å². The average molecular weight is 499 g/mol. The van der Waals surface area contributed by atoms with E-state index in [1.807, 2.05) is 0 Å². The first-order chi connectivity index (χ1) is 16.8. The molecule has 6 heteroatoms. The Kier molecular flexibility index (Phi) is 19.4. The molecule has 0 aliphatic heterocycles. The molecular weight excluding hydrogens is 444 g/mol. The topological polar surface area (TPSA) is 112 Å². The van der Waals surface area contributed by atoms with Gasteiger partial charge in [0.1, 0.15) is 0 Å². The third-order valence-electron chi connectivity index (χ3n) is 7.06. The van der Waals surface area contributed by atoms with E-state index in [0.717, 1.165) is 19.3 Å². The molecule has 6 nitrogen and oxygen atoms in total. The Hall–Kier alpha value is -1.11. The minimum atomic E-state index is -2.89. The number of carbonyl (C=O) groups is 3. The van der Waals surface area contributed by atoms with Gasteiger partial charge in [-0.25, -0.2) is 0 Å². The highest BCUT2D eigenvalue weighted by atomic mass is 16.4. The molecule has 0 rings (SSSR count). The molecule has 0 aromatic heterocycles. The Morgan fingerprint density at radius 3 is 1.20 bits per heavy atom. The number of ketones is 3. The lowest BCUT2D eigenvalue weighted by molar-refractivity contribution is -0.194. The molecule has 0 aromatic rings. The second kappa shape index (κ2) is 20.0. The summed E-state index contributed by atoms with van der Waals surface area (Å²) in [7, 11) is 0. The fraction of sp³-hybridized carbons (Fsp3) is 0.897. The molecule has 0 radical (unpaired) electrons. The van der Waals surface area contributed by atoms with E-state index in [2.05, 4.69) is 6.92 Å². The standard InChI is InChI=1S/C29H54O6/c1-4-7-8-9-10-11-12-13-14-15-16-17-18-19-20-23-27(33)29(35,26(32)22-6-3)28(34,24-30)25(31)21-5-2/h30,34-35H,4-24H2,1-3H3. The van der Waals surface area contributed by atoms with Crippen LogP contribution in [0.4, 0.5) is 0 Å². The van der Waals surface area contributed by atoms with Crippen LogP contribution in [0.25, 0.3) is 0 Å². The number of unbranched alkanes of at least 4 members (excludes halogenated alkanes) is 14. The number of hydrogen-bond acceptors (Lipinski definition) is 6. The summed E-state index contributed by atoms with van der Waals surface area (Å²) in [5.41, 5.74) is -5.68. The highest BCUT2D eigenvalue weighted by Gasteiger charge is 2.61. The summed E-state index contributed by atoms with van der Waals surface area (Å²) in [5, 5.41) is 31.7. The molecule has 3 N–H and O–H groups in total. The van der Waals surface area contributed by atoms with E-state index in [9.17, 15) is 29.7 Å². The van der Waals surface area contributed by atoms with Crippen molar-refractivity contribution < 1.29 is 29.7 Å². The van der Waals surface area contributed by atoms with Crippen LogP contribution < -0.4 is 0 Å². The van der Waals surface area contributed by atoms with Crippen molar-refractivity contribution in [3.05, 3.63) is 0 Å². The number of Topliss-reactive ketones (excluding diaryl/α,β-unsaturated/α-hetero) is 3. The molecule has 0 saturated carbocycles. The van der Waals surface area contributed by atoms with Crippen molar-refractivity contribution >= 4 is 17.3 Å². The Bertz CT molecular complexity index is 590. The average Bonchev–Trinajstić information content (AvgIpc) is 2.85. The summed E-state index contributed by atoms with van der Waals surface area (Å²) in [4.78, 5) is 38.1. The highest BCUT2D eigenvalue weighted by Crippen LogP contribution is 2.31. The lowest BCUT2D eigenvalue weighted by Crippen LogP contribution is -2.69. The fourth-order valence-corrected chi connectivity index (χ4v) is 4.70. The maximum atomic E-state index is 12.9. The Labute approximate surface area is 214 Å². The summed E-state index contributed by atoms with van der Waals surface area (Å²) < 4.78 is 0. The van der Waals surface area contributed by atoms with E-state index >= 15 is 0 Å². The smallest absolute Gasteiger partial charge is 0.219 e. The van der Waals surface area contributed by atoms with Crippen molar-refractivity contribution in [1.29, 1.82) is 0 Å². The molecule has 0 amide bonds. The Morgan fingerprint density at radius 2 is 0.829 bits per heavy atom. The van der Waals surface area contributed by atoms with Crippen LogP contribution in [0.5, 0.6) is 0 Å². The van der Waals surface area contributed by atoms with Gasteiger partial charge in [0.2, 0.25) is 5.60 Å². The van der Waals surface area contributed by atoms with Crippen LogP contribution in [-0.2, 0) is 14.4 Å². The predicted molar refractivity (Wildman–Crippen MR) is 141 cm³/mol. The molecule has 35 heavy (non-hydrogen) atoms. The lowest BCUT2D eigenvalue weighted by Gasteiger charge is -2.39. The molecule has 0 spiro atoms. The maximum absolute atomic E-state index is 12.9. The molecule has 0 heterocycles. The van der Waals surface area contributed by atoms with E-state index < -0.39 is 35.2 Å². The van der Waals surface area contributed by atoms with E-state index in [4.69, 9.17) is 0 Å². The predicted octanol–water partition coefficient (Wildman–Crippen LogP) is 6.01. The van der Waals surface area contributed by atoms with Crippen molar-refractivity contribution in [1.82, 2.24) is 0 Å². The zero-order valence-corrected chi connectivity index (χ0v) is 22.9. The maximum Gasteiger partial charge on any atom is 0.219 e. The first-order valence-electron chi connectivity index (χ1n) is 14.4. The van der Waals surface area contributed by atoms with Gasteiger partial charge in [-0.3, -0.25) is 14.4 Å². The van der Waals surface area contributed by atoms with Gasteiger partial charge in [0.05, 0.1) is 6.61 Å². The van der Waals surface area contributed by atoms with Crippen LogP contribution in [0.3, 0.4) is 0 Å². The second-order valence-electron chi connectivity index (χ2n) is 10.2. The zero-order valence-electron chi connectivity index (χ0n) is 22.9. The summed E-state index contributed by atoms with van der Waals surface area (Å²) in [6.07, 6.45) is 18.0. The molecule has 2 unspecified atom stereocenters. The molecule has 0 bridgehead atoms. The molecule has 0 aliphatic carbocycles. The first-order valence-corrected chi connectivity index (χ1v) is 14.4. The third-order valence-corrected chi connectivity index (χ3v) is 7.06. The fourth-order valence-electron chi connectivity index (χ4n) is 4.70. The summed E-state index contributed by atoms with van der Waals surface area (Å²) in [6, 6.07) is 0. The first kappa shape index (κ1) is 33.9. The van der Waals surface area contributed by atoms with E-state index in [1.54, 1.807) is 13.8 Å². The van der Waals surface area contributed by atoms with Gasteiger partial charge in [0, 0.05) is 19.3 Å². The van der Waals surface area contributed by atoms with Gasteiger partial charge in [0.25, 0.3) is 0 Å². The van der Waals surface area contributed by atoms with E-state index in [0.29, 0.717) is 19.3 Å². The monoisotopic (exact) mass is 498 g/mol. The number of carbonyl (C=O) groups excluding carboxylic acids is 3. The highest BCUT2D eigenvalue weighted by molar-refractivity contribution is 6.16. The molecule has 2 atom stereocenters. The van der Waals surface area contributed by atoms with Gasteiger partial charge in [-0.05, 0) is 19.3 Å². The van der Waals surface area contributed by atoms with Gasteiger partial charge in [-0.15, -0.1) is 0 Å². The molecule has 206 valence electrons. The van der Waals surface area contributed by atoms with Crippen molar-refractivity contribution in [3.8, 4) is 0 Å². The van der Waals surface area contributed by atoms with Gasteiger partial charge in [-0.2, -0.15) is 0 Å². The molecule has 0 saturated heterocycles. The molecule has 0 fully saturated rings. The van der Waals surface area contributed by atoms with E-state index in [-0.39, 0.29) is 19.3 Å². The van der Waals surface area contributed by atoms with Crippen LogP contribution in [0, 0.1) is 0 Å². The largest absolute Gasteiger partial charge is 0.393 e. The summed E-state index contributed by atoms with van der Waals surface area (Å²) in [6.45, 7) is 4.50. The van der Waals surface area contributed by atoms with Crippen molar-refractivity contribution in [2.45, 2.75) is 160 Å². The van der Waals surface area contributed by atoms with Crippen LogP contribution in [-0.4, -0.2) is 50.5 Å². The van der Waals surface area contributed by atoms with Crippen LogP contribution in [0.15, 0.2) is 0 Å². The van der Waals surface area contributed by atoms with Gasteiger partial charge >= 0.3 is 0 Å². The number of hydrogen-bond donors (Lipinski definition) is 3. The van der Waals surface area contributed by atoms with Crippen LogP contribution in [0.2, 0.25) is 0 Å². The Balaban J connectivity index is 4.37. The zero-order chi connectivity index (χ0) is 26.6.